The first kappa shape index (κ1) is 12.3. The highest BCUT2D eigenvalue weighted by atomic mass is 16.7. The van der Waals surface area contributed by atoms with E-state index in [2.05, 4.69) is 0 Å². The van der Waals surface area contributed by atoms with E-state index < -0.39 is 0 Å². The van der Waals surface area contributed by atoms with Crippen LogP contribution in [0.3, 0.4) is 0 Å². The molecule has 94 valence electrons. The molecule has 2 saturated carbocycles. The van der Waals surface area contributed by atoms with E-state index in [1.807, 2.05) is 0 Å². The number of hydrogen-bond acceptors (Lipinski definition) is 3. The summed E-state index contributed by atoms with van der Waals surface area (Å²) in [6.45, 7) is 3.03. The molecule has 0 saturated heterocycles. The lowest BCUT2D eigenvalue weighted by molar-refractivity contribution is -0.0757. The highest BCUT2D eigenvalue weighted by Crippen LogP contribution is 2.30. The zero-order valence-corrected chi connectivity index (χ0v) is 10.2. The van der Waals surface area contributed by atoms with E-state index in [9.17, 15) is 0 Å². The third-order valence-electron chi connectivity index (χ3n) is 3.92. The topological polar surface area (TPSA) is 44.5 Å². The molecule has 2 rings (SSSR count). The van der Waals surface area contributed by atoms with Gasteiger partial charge in [-0.25, -0.2) is 0 Å². The first-order chi connectivity index (χ1) is 7.90. The Morgan fingerprint density at radius 1 is 0.875 bits per heavy atom. The second-order valence-electron chi connectivity index (χ2n) is 5.34. The SMILES string of the molecule is NCC1CCCCC1COCOCC1CC1. The molecule has 3 nitrogen and oxygen atoms in total. The van der Waals surface area contributed by atoms with E-state index in [4.69, 9.17) is 15.2 Å². The average Bonchev–Trinajstić information content (AvgIpc) is 3.13. The largest absolute Gasteiger partial charge is 0.355 e. The Balaban J connectivity index is 1.52. The van der Waals surface area contributed by atoms with Crippen molar-refractivity contribution in [2.75, 3.05) is 26.6 Å². The summed E-state index contributed by atoms with van der Waals surface area (Å²) in [6.07, 6.45) is 7.94. The highest BCUT2D eigenvalue weighted by Gasteiger charge is 2.24. The molecule has 2 atom stereocenters. The summed E-state index contributed by atoms with van der Waals surface area (Å²) in [6, 6.07) is 0. The molecule has 0 spiro atoms. The fourth-order valence-corrected chi connectivity index (χ4v) is 2.57. The lowest BCUT2D eigenvalue weighted by Crippen LogP contribution is -2.30. The van der Waals surface area contributed by atoms with E-state index in [1.54, 1.807) is 0 Å². The molecule has 0 radical (unpaired) electrons. The minimum atomic E-state index is 0.476. The van der Waals surface area contributed by atoms with Crippen LogP contribution in [0.25, 0.3) is 0 Å². The minimum Gasteiger partial charge on any atom is -0.355 e. The molecule has 0 amide bonds. The Bertz CT molecular complexity index is 194. The fraction of sp³-hybridized carbons (Fsp3) is 1.00. The lowest BCUT2D eigenvalue weighted by atomic mass is 9.80. The maximum absolute atomic E-state index is 5.79. The molecule has 2 aliphatic carbocycles. The Hall–Kier alpha value is -0.120. The normalized spacial score (nSPS) is 30.6. The van der Waals surface area contributed by atoms with Crippen LogP contribution in [0.1, 0.15) is 38.5 Å². The molecule has 2 unspecified atom stereocenters. The van der Waals surface area contributed by atoms with Gasteiger partial charge in [-0.15, -0.1) is 0 Å². The van der Waals surface area contributed by atoms with Crippen LogP contribution in [0.15, 0.2) is 0 Å². The van der Waals surface area contributed by atoms with E-state index in [-0.39, 0.29) is 0 Å². The molecule has 0 aliphatic heterocycles. The van der Waals surface area contributed by atoms with Gasteiger partial charge in [-0.05, 0) is 50.0 Å². The molecule has 2 aliphatic rings. The summed E-state index contributed by atoms with van der Waals surface area (Å²) in [5.41, 5.74) is 5.79. The number of ether oxygens (including phenoxy) is 2. The first-order valence-corrected chi connectivity index (χ1v) is 6.75. The quantitative estimate of drug-likeness (QED) is 0.535. The molecule has 0 aromatic heterocycles. The summed E-state index contributed by atoms with van der Waals surface area (Å²) in [5, 5.41) is 0. The third kappa shape index (κ3) is 4.04. The van der Waals surface area contributed by atoms with Crippen molar-refractivity contribution in [2.24, 2.45) is 23.5 Å². The Morgan fingerprint density at radius 3 is 2.25 bits per heavy atom. The van der Waals surface area contributed by atoms with Crippen molar-refractivity contribution in [1.29, 1.82) is 0 Å². The van der Waals surface area contributed by atoms with Crippen molar-refractivity contribution in [3.05, 3.63) is 0 Å². The molecule has 2 fully saturated rings. The molecule has 16 heavy (non-hydrogen) atoms. The van der Waals surface area contributed by atoms with Gasteiger partial charge in [0.1, 0.15) is 6.79 Å². The zero-order valence-electron chi connectivity index (χ0n) is 10.2. The van der Waals surface area contributed by atoms with Crippen LogP contribution in [-0.2, 0) is 9.47 Å². The van der Waals surface area contributed by atoms with Crippen molar-refractivity contribution in [2.45, 2.75) is 38.5 Å². The predicted molar refractivity (Wildman–Crippen MR) is 64.0 cm³/mol. The molecule has 0 heterocycles. The number of nitrogens with two attached hydrogens (primary N) is 1. The number of rotatable bonds is 7. The van der Waals surface area contributed by atoms with Crippen molar-refractivity contribution in [3.8, 4) is 0 Å². The van der Waals surface area contributed by atoms with E-state index in [0.717, 1.165) is 25.7 Å². The molecule has 0 aromatic carbocycles. The van der Waals surface area contributed by atoms with Gasteiger partial charge >= 0.3 is 0 Å². The third-order valence-corrected chi connectivity index (χ3v) is 3.92. The van der Waals surface area contributed by atoms with Crippen LogP contribution in [0.4, 0.5) is 0 Å². The van der Waals surface area contributed by atoms with Gasteiger partial charge in [-0.3, -0.25) is 0 Å². The van der Waals surface area contributed by atoms with E-state index in [0.29, 0.717) is 18.6 Å². The second kappa shape index (κ2) is 6.58. The van der Waals surface area contributed by atoms with Crippen LogP contribution >= 0.6 is 0 Å². The number of hydrogen-bond donors (Lipinski definition) is 1. The van der Waals surface area contributed by atoms with Crippen LogP contribution in [0.2, 0.25) is 0 Å². The van der Waals surface area contributed by atoms with Gasteiger partial charge in [-0.1, -0.05) is 12.8 Å². The van der Waals surface area contributed by atoms with Gasteiger partial charge in [0, 0.05) is 0 Å². The first-order valence-electron chi connectivity index (χ1n) is 6.75. The second-order valence-corrected chi connectivity index (χ2v) is 5.34. The zero-order chi connectivity index (χ0) is 11.2. The van der Waals surface area contributed by atoms with E-state index in [1.165, 1.54) is 38.5 Å². The standard InChI is InChI=1S/C13H25NO2/c14-7-12-3-1-2-4-13(12)9-16-10-15-8-11-5-6-11/h11-13H,1-10,14H2. The highest BCUT2D eigenvalue weighted by molar-refractivity contribution is 4.75. The molecule has 0 aromatic rings. The molecular weight excluding hydrogens is 202 g/mol. The van der Waals surface area contributed by atoms with Gasteiger partial charge in [0.15, 0.2) is 0 Å². The van der Waals surface area contributed by atoms with Gasteiger partial charge in [0.05, 0.1) is 13.2 Å². The predicted octanol–water partition coefficient (Wildman–Crippen LogP) is 2.15. The summed E-state index contributed by atoms with van der Waals surface area (Å²) in [7, 11) is 0. The van der Waals surface area contributed by atoms with Crippen LogP contribution in [0, 0.1) is 17.8 Å². The lowest BCUT2D eigenvalue weighted by Gasteiger charge is -2.30. The molecule has 2 N–H and O–H groups in total. The van der Waals surface area contributed by atoms with Crippen LogP contribution in [0.5, 0.6) is 0 Å². The maximum atomic E-state index is 5.79. The van der Waals surface area contributed by atoms with Gasteiger partial charge in [0.25, 0.3) is 0 Å². The summed E-state index contributed by atoms with van der Waals surface area (Å²) >= 11 is 0. The maximum Gasteiger partial charge on any atom is 0.146 e. The minimum absolute atomic E-state index is 0.476. The van der Waals surface area contributed by atoms with Gasteiger partial charge in [0.2, 0.25) is 0 Å². The summed E-state index contributed by atoms with van der Waals surface area (Å²) in [5.74, 6) is 2.18. The Morgan fingerprint density at radius 2 is 1.56 bits per heavy atom. The average molecular weight is 227 g/mol. The van der Waals surface area contributed by atoms with Crippen molar-refractivity contribution < 1.29 is 9.47 Å². The van der Waals surface area contributed by atoms with Crippen molar-refractivity contribution >= 4 is 0 Å². The molecule has 0 bridgehead atoms. The van der Waals surface area contributed by atoms with Crippen LogP contribution < -0.4 is 5.73 Å². The van der Waals surface area contributed by atoms with Crippen molar-refractivity contribution in [3.63, 3.8) is 0 Å². The Kier molecular flexibility index (Phi) is 5.07. The van der Waals surface area contributed by atoms with Gasteiger partial charge < -0.3 is 15.2 Å². The fourth-order valence-electron chi connectivity index (χ4n) is 2.57. The van der Waals surface area contributed by atoms with Crippen molar-refractivity contribution in [1.82, 2.24) is 0 Å². The Labute approximate surface area is 98.7 Å². The molecular formula is C13H25NO2. The monoisotopic (exact) mass is 227 g/mol. The van der Waals surface area contributed by atoms with E-state index >= 15 is 0 Å². The summed E-state index contributed by atoms with van der Waals surface area (Å²) in [4.78, 5) is 0. The summed E-state index contributed by atoms with van der Waals surface area (Å²) < 4.78 is 11.1. The molecule has 3 heteroatoms. The van der Waals surface area contributed by atoms with Gasteiger partial charge in [-0.2, -0.15) is 0 Å². The smallest absolute Gasteiger partial charge is 0.146 e. The van der Waals surface area contributed by atoms with Crippen LogP contribution in [-0.4, -0.2) is 26.6 Å².